The summed E-state index contributed by atoms with van der Waals surface area (Å²) in [6, 6.07) is 22.4. The third-order valence-electron chi connectivity index (χ3n) is 9.28. The van der Waals surface area contributed by atoms with Gasteiger partial charge in [-0.2, -0.15) is 0 Å². The maximum atomic E-state index is 14.3. The molecule has 0 spiro atoms. The van der Waals surface area contributed by atoms with Crippen LogP contribution in [0.5, 0.6) is 5.75 Å². The summed E-state index contributed by atoms with van der Waals surface area (Å²) >= 11 is 0. The van der Waals surface area contributed by atoms with Crippen molar-refractivity contribution in [1.82, 2.24) is 9.80 Å². The van der Waals surface area contributed by atoms with E-state index in [9.17, 15) is 9.59 Å². The van der Waals surface area contributed by atoms with Crippen LogP contribution in [0.2, 0.25) is 0 Å². The molecule has 1 saturated heterocycles. The molecule has 2 aliphatic rings. The quantitative estimate of drug-likeness (QED) is 0.214. The monoisotopic (exact) mass is 568 g/mol. The second-order valence-corrected chi connectivity index (χ2v) is 12.5. The van der Waals surface area contributed by atoms with E-state index in [0.29, 0.717) is 37.4 Å². The first-order valence-electron chi connectivity index (χ1n) is 15.2. The minimum Gasteiger partial charge on any atom is -0.497 e. The van der Waals surface area contributed by atoms with Gasteiger partial charge in [-0.1, -0.05) is 62.4 Å². The highest BCUT2D eigenvalue weighted by molar-refractivity contribution is 5.98. The van der Waals surface area contributed by atoms with Crippen LogP contribution < -0.4 is 4.74 Å². The lowest BCUT2D eigenvalue weighted by atomic mass is 9.54. The van der Waals surface area contributed by atoms with E-state index in [1.165, 1.54) is 6.92 Å². The van der Waals surface area contributed by atoms with Gasteiger partial charge in [0.05, 0.1) is 7.11 Å². The van der Waals surface area contributed by atoms with E-state index in [-0.39, 0.29) is 17.9 Å². The summed E-state index contributed by atoms with van der Waals surface area (Å²) in [5.74, 6) is 0.870. The van der Waals surface area contributed by atoms with E-state index < -0.39 is 11.0 Å². The summed E-state index contributed by atoms with van der Waals surface area (Å²) in [5, 5.41) is 2.18. The predicted octanol–water partition coefficient (Wildman–Crippen LogP) is 6.63. The Kier molecular flexibility index (Phi) is 8.74. The van der Waals surface area contributed by atoms with Crippen LogP contribution in [0, 0.1) is 5.92 Å². The Labute approximate surface area is 250 Å². The highest BCUT2D eigenvalue weighted by atomic mass is 16.6. The maximum absolute atomic E-state index is 14.3. The molecule has 42 heavy (non-hydrogen) atoms. The molecule has 1 aliphatic heterocycles. The van der Waals surface area contributed by atoms with Gasteiger partial charge < -0.3 is 14.4 Å². The van der Waals surface area contributed by atoms with E-state index in [1.807, 2.05) is 48.5 Å². The predicted molar refractivity (Wildman–Crippen MR) is 168 cm³/mol. The minimum absolute atomic E-state index is 0.00721. The Morgan fingerprint density at radius 2 is 1.86 bits per heavy atom. The van der Waals surface area contributed by atoms with Crippen molar-refractivity contribution < 1.29 is 19.1 Å². The molecule has 6 nitrogen and oxygen atoms in total. The van der Waals surface area contributed by atoms with E-state index in [0.717, 1.165) is 48.0 Å². The van der Waals surface area contributed by atoms with Gasteiger partial charge in [0.15, 0.2) is 0 Å². The number of amides is 1. The van der Waals surface area contributed by atoms with Crippen LogP contribution in [0.4, 0.5) is 0 Å². The third-order valence-corrected chi connectivity index (χ3v) is 9.28. The van der Waals surface area contributed by atoms with Gasteiger partial charge in [0.2, 0.25) is 0 Å². The first-order valence-corrected chi connectivity index (χ1v) is 15.2. The van der Waals surface area contributed by atoms with Crippen molar-refractivity contribution in [3.8, 4) is 5.75 Å². The highest BCUT2D eigenvalue weighted by Crippen LogP contribution is 2.55. The number of methoxy groups -OCH3 is 1. The number of piperidine rings is 1. The molecule has 0 N–H and O–H groups in total. The van der Waals surface area contributed by atoms with Gasteiger partial charge in [0.25, 0.3) is 5.91 Å². The molecule has 222 valence electrons. The average molecular weight is 569 g/mol. The fraction of sp³-hybridized carbons (Fsp3) is 0.444. The topological polar surface area (TPSA) is 59.1 Å². The molecule has 0 radical (unpaired) electrons. The molecule has 6 heteroatoms. The second kappa shape index (κ2) is 12.3. The minimum atomic E-state index is -0.724. The Hall–Kier alpha value is -3.64. The molecular formula is C36H44N2O4. The first-order chi connectivity index (χ1) is 20.2. The number of esters is 1. The molecule has 1 heterocycles. The SMILES string of the molecule is C=CCN1CC[C@@]2(c3cccc(OC)c3)C[C@@H](N(CC(C)C)C(=O)c3ccc4ccccc4c3)CC[C@]2(OC(C)=O)C1. The number of benzene rings is 3. The highest BCUT2D eigenvalue weighted by Gasteiger charge is 2.61. The number of carbonyl (C=O) groups excluding carboxylic acids is 2. The average Bonchev–Trinajstić information content (AvgIpc) is 2.98. The normalized spacial score (nSPS) is 24.2. The summed E-state index contributed by atoms with van der Waals surface area (Å²) in [6.45, 7) is 12.7. The van der Waals surface area contributed by atoms with Crippen LogP contribution in [0.1, 0.15) is 62.4 Å². The molecule has 3 aromatic rings. The van der Waals surface area contributed by atoms with Crippen LogP contribution in [0.25, 0.3) is 10.8 Å². The Balaban J connectivity index is 1.59. The molecule has 1 saturated carbocycles. The summed E-state index contributed by atoms with van der Waals surface area (Å²) in [5.41, 5.74) is 0.613. The Bertz CT molecular complexity index is 1450. The molecule has 0 unspecified atom stereocenters. The molecule has 0 bridgehead atoms. The lowest BCUT2D eigenvalue weighted by Crippen LogP contribution is -2.68. The van der Waals surface area contributed by atoms with Gasteiger partial charge in [-0.3, -0.25) is 14.5 Å². The van der Waals surface area contributed by atoms with Crippen molar-refractivity contribution in [2.75, 3.05) is 33.3 Å². The summed E-state index contributed by atoms with van der Waals surface area (Å²) in [6.07, 6.45) is 4.85. The fourth-order valence-electron chi connectivity index (χ4n) is 7.46. The zero-order chi connectivity index (χ0) is 29.9. The van der Waals surface area contributed by atoms with Gasteiger partial charge >= 0.3 is 5.97 Å². The van der Waals surface area contributed by atoms with Gasteiger partial charge in [-0.25, -0.2) is 0 Å². The zero-order valence-electron chi connectivity index (χ0n) is 25.5. The summed E-state index contributed by atoms with van der Waals surface area (Å²) < 4.78 is 12.1. The van der Waals surface area contributed by atoms with Gasteiger partial charge in [0, 0.05) is 43.6 Å². The number of hydrogen-bond acceptors (Lipinski definition) is 5. The van der Waals surface area contributed by atoms with Crippen molar-refractivity contribution >= 4 is 22.6 Å². The molecule has 1 aliphatic carbocycles. The Morgan fingerprint density at radius 3 is 2.57 bits per heavy atom. The van der Waals surface area contributed by atoms with Crippen molar-refractivity contribution in [1.29, 1.82) is 0 Å². The van der Waals surface area contributed by atoms with Crippen LogP contribution in [0.15, 0.2) is 79.4 Å². The van der Waals surface area contributed by atoms with Crippen molar-refractivity contribution in [2.24, 2.45) is 5.92 Å². The standard InChI is InChI=1S/C36H44N2O4/c1-6-19-37-20-18-35(31-12-9-13-33(22-31)41-5)23-32(16-17-36(35,25-37)42-27(4)39)38(24-26(2)3)34(40)30-15-14-28-10-7-8-11-29(28)21-30/h6-15,21-22,26,32H,1,16-20,23-25H2,2-5H3/t32-,35-,36-/m0/s1. The fourth-order valence-corrected chi connectivity index (χ4v) is 7.46. The smallest absolute Gasteiger partial charge is 0.303 e. The number of nitrogens with zero attached hydrogens (tertiary/aromatic N) is 2. The van der Waals surface area contributed by atoms with Gasteiger partial charge in [0.1, 0.15) is 11.4 Å². The van der Waals surface area contributed by atoms with E-state index in [1.54, 1.807) is 7.11 Å². The largest absolute Gasteiger partial charge is 0.497 e. The third kappa shape index (κ3) is 5.69. The molecule has 1 amide bonds. The molecule has 0 aromatic heterocycles. The van der Waals surface area contributed by atoms with Crippen LogP contribution >= 0.6 is 0 Å². The van der Waals surface area contributed by atoms with E-state index >= 15 is 0 Å². The van der Waals surface area contributed by atoms with Crippen LogP contribution in [0.3, 0.4) is 0 Å². The van der Waals surface area contributed by atoms with E-state index in [4.69, 9.17) is 9.47 Å². The van der Waals surface area contributed by atoms with Crippen molar-refractivity contribution in [3.05, 3.63) is 90.5 Å². The lowest BCUT2D eigenvalue weighted by molar-refractivity contribution is -0.188. The lowest BCUT2D eigenvalue weighted by Gasteiger charge is -2.60. The van der Waals surface area contributed by atoms with Gasteiger partial charge in [-0.05, 0) is 78.7 Å². The molecule has 3 atom stereocenters. The number of likely N-dealkylation sites (tertiary alicyclic amines) is 1. The number of ether oxygens (including phenoxy) is 2. The molecular weight excluding hydrogens is 524 g/mol. The van der Waals surface area contributed by atoms with Crippen LogP contribution in [-0.4, -0.2) is 66.6 Å². The number of fused-ring (bicyclic) bond motifs is 2. The molecule has 2 fully saturated rings. The number of hydrogen-bond donors (Lipinski definition) is 0. The maximum Gasteiger partial charge on any atom is 0.303 e. The van der Waals surface area contributed by atoms with Crippen molar-refractivity contribution in [2.45, 2.75) is 63.5 Å². The van der Waals surface area contributed by atoms with Crippen molar-refractivity contribution in [3.63, 3.8) is 0 Å². The van der Waals surface area contributed by atoms with Crippen LogP contribution in [-0.2, 0) is 14.9 Å². The summed E-state index contributed by atoms with van der Waals surface area (Å²) in [7, 11) is 1.68. The van der Waals surface area contributed by atoms with E-state index in [2.05, 4.69) is 54.5 Å². The second-order valence-electron chi connectivity index (χ2n) is 12.5. The molecule has 3 aromatic carbocycles. The van der Waals surface area contributed by atoms with Gasteiger partial charge in [-0.15, -0.1) is 6.58 Å². The number of carbonyl (C=O) groups is 2. The Morgan fingerprint density at radius 1 is 1.07 bits per heavy atom. The summed E-state index contributed by atoms with van der Waals surface area (Å²) in [4.78, 5) is 31.5. The zero-order valence-corrected chi connectivity index (χ0v) is 25.5. The number of rotatable bonds is 9. The molecule has 5 rings (SSSR count). The first kappa shape index (κ1) is 29.8.